The number of hydrogen-bond donors (Lipinski definition) is 3. The van der Waals surface area contributed by atoms with Gasteiger partial charge < -0.3 is 20.5 Å². The molecule has 0 aliphatic carbocycles. The first-order valence-electron chi connectivity index (χ1n) is 8.94. The van der Waals surface area contributed by atoms with Crippen LogP contribution in [0.2, 0.25) is 0 Å². The van der Waals surface area contributed by atoms with Crippen LogP contribution in [0.5, 0.6) is 11.5 Å². The van der Waals surface area contributed by atoms with Crippen molar-refractivity contribution >= 4 is 17.3 Å². The molecule has 7 heteroatoms. The lowest BCUT2D eigenvalue weighted by molar-refractivity contribution is 0.318. The lowest BCUT2D eigenvalue weighted by Crippen LogP contribution is -2.36. The average molecular weight is 377 g/mol. The molecular formula is C19H28N4O2S. The van der Waals surface area contributed by atoms with E-state index in [-0.39, 0.29) is 5.75 Å². The van der Waals surface area contributed by atoms with Gasteiger partial charge in [0.15, 0.2) is 17.5 Å². The molecule has 0 saturated heterocycles. The summed E-state index contributed by atoms with van der Waals surface area (Å²) in [4.78, 5) is 9.24. The number of ether oxygens (including phenoxy) is 1. The maximum atomic E-state index is 9.79. The van der Waals surface area contributed by atoms with Gasteiger partial charge in [-0.15, -0.1) is 11.3 Å². The molecular weight excluding hydrogens is 348 g/mol. The number of nitrogens with zero attached hydrogens (tertiary/aromatic N) is 2. The Kier molecular flexibility index (Phi) is 7.72. The minimum Gasteiger partial charge on any atom is -0.504 e. The number of aliphatic imine (C=N–C) groups is 1. The fraction of sp³-hybridized carbons (Fsp3) is 0.474. The highest BCUT2D eigenvalue weighted by atomic mass is 32.1. The van der Waals surface area contributed by atoms with Gasteiger partial charge in [-0.05, 0) is 37.5 Å². The van der Waals surface area contributed by atoms with Crippen molar-refractivity contribution in [1.29, 1.82) is 0 Å². The first-order chi connectivity index (χ1) is 12.5. The normalized spacial score (nSPS) is 11.7. The van der Waals surface area contributed by atoms with E-state index in [0.29, 0.717) is 31.4 Å². The number of rotatable bonds is 8. The molecule has 0 fully saturated rings. The van der Waals surface area contributed by atoms with Gasteiger partial charge in [0.1, 0.15) is 5.01 Å². The quantitative estimate of drug-likeness (QED) is 0.484. The Hall–Kier alpha value is -2.28. The van der Waals surface area contributed by atoms with E-state index in [2.05, 4.69) is 39.8 Å². The van der Waals surface area contributed by atoms with Crippen LogP contribution in [-0.4, -0.2) is 29.2 Å². The van der Waals surface area contributed by atoms with Crippen molar-refractivity contribution in [1.82, 2.24) is 15.6 Å². The zero-order valence-electron chi connectivity index (χ0n) is 15.9. The number of guanidine groups is 1. The number of thiazole rings is 1. The average Bonchev–Trinajstić information content (AvgIpc) is 3.09. The molecule has 142 valence electrons. The highest BCUT2D eigenvalue weighted by Crippen LogP contribution is 2.27. The number of aromatic nitrogens is 1. The van der Waals surface area contributed by atoms with Crippen LogP contribution in [0.3, 0.4) is 0 Å². The summed E-state index contributed by atoms with van der Waals surface area (Å²) in [6.45, 7) is 10.6. The molecule has 0 unspecified atom stereocenters. The molecule has 0 atom stereocenters. The van der Waals surface area contributed by atoms with Gasteiger partial charge >= 0.3 is 0 Å². The second kappa shape index (κ2) is 10.0. The van der Waals surface area contributed by atoms with E-state index in [1.807, 2.05) is 26.0 Å². The third kappa shape index (κ3) is 5.91. The van der Waals surface area contributed by atoms with E-state index in [9.17, 15) is 5.11 Å². The summed E-state index contributed by atoms with van der Waals surface area (Å²) in [6, 6.07) is 5.31. The summed E-state index contributed by atoms with van der Waals surface area (Å²) in [6.07, 6.45) is 0. The molecule has 0 saturated carbocycles. The Morgan fingerprint density at radius 1 is 1.31 bits per heavy atom. The molecule has 2 rings (SSSR count). The highest BCUT2D eigenvalue weighted by molar-refractivity contribution is 7.09. The summed E-state index contributed by atoms with van der Waals surface area (Å²) in [5.74, 6) is 1.81. The van der Waals surface area contributed by atoms with E-state index in [1.165, 1.54) is 0 Å². The van der Waals surface area contributed by atoms with Gasteiger partial charge in [0.2, 0.25) is 0 Å². The van der Waals surface area contributed by atoms with Crippen LogP contribution in [0.15, 0.2) is 28.6 Å². The fourth-order valence-electron chi connectivity index (χ4n) is 2.27. The SMILES string of the molecule is CCNC(=NCc1ccc(O)c(OCC)c1)NCc1nc(C(C)C)cs1. The summed E-state index contributed by atoms with van der Waals surface area (Å²) in [7, 11) is 0. The summed E-state index contributed by atoms with van der Waals surface area (Å²) >= 11 is 1.66. The molecule has 1 aromatic carbocycles. The molecule has 0 aliphatic rings. The Morgan fingerprint density at radius 2 is 2.12 bits per heavy atom. The predicted molar refractivity (Wildman–Crippen MR) is 107 cm³/mol. The number of benzene rings is 1. The molecule has 2 aromatic rings. The van der Waals surface area contributed by atoms with E-state index in [4.69, 9.17) is 4.74 Å². The van der Waals surface area contributed by atoms with Crippen LogP contribution >= 0.6 is 11.3 Å². The molecule has 3 N–H and O–H groups in total. The zero-order chi connectivity index (χ0) is 18.9. The van der Waals surface area contributed by atoms with E-state index in [1.54, 1.807) is 17.4 Å². The van der Waals surface area contributed by atoms with Crippen molar-refractivity contribution in [3.8, 4) is 11.5 Å². The van der Waals surface area contributed by atoms with Crippen LogP contribution in [0.1, 0.15) is 49.9 Å². The van der Waals surface area contributed by atoms with Gasteiger partial charge in [0.05, 0.1) is 25.4 Å². The van der Waals surface area contributed by atoms with E-state index >= 15 is 0 Å². The van der Waals surface area contributed by atoms with Crippen LogP contribution in [0, 0.1) is 0 Å². The molecule has 1 aromatic heterocycles. The summed E-state index contributed by atoms with van der Waals surface area (Å²) in [5.41, 5.74) is 2.10. The van der Waals surface area contributed by atoms with Gasteiger partial charge in [-0.1, -0.05) is 19.9 Å². The first-order valence-corrected chi connectivity index (χ1v) is 9.82. The molecule has 0 aliphatic heterocycles. The van der Waals surface area contributed by atoms with Gasteiger partial charge in [0, 0.05) is 11.9 Å². The van der Waals surface area contributed by atoms with Crippen LogP contribution in [-0.2, 0) is 13.1 Å². The van der Waals surface area contributed by atoms with Crippen molar-refractivity contribution in [2.45, 2.75) is 46.7 Å². The zero-order valence-corrected chi connectivity index (χ0v) is 16.7. The van der Waals surface area contributed by atoms with Crippen molar-refractivity contribution in [2.24, 2.45) is 4.99 Å². The third-order valence-corrected chi connectivity index (χ3v) is 4.52. The van der Waals surface area contributed by atoms with Gasteiger partial charge in [-0.3, -0.25) is 0 Å². The van der Waals surface area contributed by atoms with Crippen molar-refractivity contribution < 1.29 is 9.84 Å². The molecule has 0 bridgehead atoms. The lowest BCUT2D eigenvalue weighted by atomic mass is 10.2. The molecule has 6 nitrogen and oxygen atoms in total. The van der Waals surface area contributed by atoms with Gasteiger partial charge in [0.25, 0.3) is 0 Å². The minimum absolute atomic E-state index is 0.148. The fourth-order valence-corrected chi connectivity index (χ4v) is 3.17. The van der Waals surface area contributed by atoms with Gasteiger partial charge in [-0.25, -0.2) is 9.98 Å². The highest BCUT2D eigenvalue weighted by Gasteiger charge is 2.07. The van der Waals surface area contributed by atoms with Crippen LogP contribution in [0.4, 0.5) is 0 Å². The molecule has 26 heavy (non-hydrogen) atoms. The van der Waals surface area contributed by atoms with Crippen molar-refractivity contribution in [3.63, 3.8) is 0 Å². The molecule has 0 amide bonds. The predicted octanol–water partition coefficient (Wildman–Crippen LogP) is 3.63. The van der Waals surface area contributed by atoms with Gasteiger partial charge in [-0.2, -0.15) is 0 Å². The third-order valence-electron chi connectivity index (χ3n) is 3.66. The maximum Gasteiger partial charge on any atom is 0.191 e. The second-order valence-electron chi connectivity index (χ2n) is 6.10. The number of nitrogens with one attached hydrogen (secondary N) is 2. The Labute approximate surface area is 159 Å². The molecule has 0 spiro atoms. The second-order valence-corrected chi connectivity index (χ2v) is 7.05. The largest absolute Gasteiger partial charge is 0.504 e. The number of hydrogen-bond acceptors (Lipinski definition) is 5. The Morgan fingerprint density at radius 3 is 2.77 bits per heavy atom. The number of phenolic OH excluding ortho intramolecular Hbond substituents is 1. The van der Waals surface area contributed by atoms with Crippen molar-refractivity contribution in [2.75, 3.05) is 13.2 Å². The molecule has 1 heterocycles. The van der Waals surface area contributed by atoms with Crippen molar-refractivity contribution in [3.05, 3.63) is 39.8 Å². The lowest BCUT2D eigenvalue weighted by Gasteiger charge is -2.11. The molecule has 0 radical (unpaired) electrons. The first kappa shape index (κ1) is 20.0. The summed E-state index contributed by atoms with van der Waals surface area (Å²) < 4.78 is 5.42. The minimum atomic E-state index is 0.148. The topological polar surface area (TPSA) is 78.8 Å². The van der Waals surface area contributed by atoms with Crippen LogP contribution in [0.25, 0.3) is 0 Å². The number of phenols is 1. The summed E-state index contributed by atoms with van der Waals surface area (Å²) in [5, 5.41) is 19.5. The maximum absolute atomic E-state index is 9.79. The van der Waals surface area contributed by atoms with E-state index in [0.717, 1.165) is 28.8 Å². The Balaban J connectivity index is 2.00. The number of aromatic hydroxyl groups is 1. The smallest absolute Gasteiger partial charge is 0.191 e. The van der Waals surface area contributed by atoms with Crippen LogP contribution < -0.4 is 15.4 Å². The Bertz CT molecular complexity index is 728. The monoisotopic (exact) mass is 376 g/mol. The van der Waals surface area contributed by atoms with E-state index < -0.39 is 0 Å². The standard InChI is InChI=1S/C19H28N4O2S/c1-5-20-19(22-11-18-23-15(12-26-18)13(3)4)21-10-14-7-8-16(24)17(9-14)25-6-2/h7-9,12-13,24H,5-6,10-11H2,1-4H3,(H2,20,21,22).